The fraction of sp³-hybridized carbons (Fsp3) is 0.273. The van der Waals surface area contributed by atoms with Crippen LogP contribution in [0.1, 0.15) is 11.3 Å². The number of halogens is 3. The summed E-state index contributed by atoms with van der Waals surface area (Å²) in [6.45, 7) is 5.62. The lowest BCUT2D eigenvalue weighted by Gasteiger charge is -2.35. The number of piperazine rings is 1. The van der Waals surface area contributed by atoms with Crippen molar-refractivity contribution in [1.29, 1.82) is 0 Å². The molecule has 1 aliphatic rings. The number of aromatic nitrogens is 3. The summed E-state index contributed by atoms with van der Waals surface area (Å²) >= 11 is 6.22. The van der Waals surface area contributed by atoms with Crippen molar-refractivity contribution in [3.8, 4) is 5.82 Å². The molecule has 1 fully saturated rings. The molecule has 4 rings (SSSR count). The third-order valence-electron chi connectivity index (χ3n) is 5.27. The molecule has 0 bridgehead atoms. The molecule has 1 aliphatic heterocycles. The molecule has 3 aromatic rings. The summed E-state index contributed by atoms with van der Waals surface area (Å²) in [5.41, 5.74) is 2.29. The van der Waals surface area contributed by atoms with Crippen LogP contribution < -0.4 is 4.90 Å². The molecule has 0 unspecified atom stereocenters. The van der Waals surface area contributed by atoms with Crippen LogP contribution in [0.3, 0.4) is 0 Å². The third-order valence-corrected chi connectivity index (χ3v) is 5.56. The Morgan fingerprint density at radius 3 is 2.70 bits per heavy atom. The van der Waals surface area contributed by atoms with Crippen molar-refractivity contribution in [2.75, 3.05) is 37.6 Å². The van der Waals surface area contributed by atoms with Crippen LogP contribution in [0.4, 0.5) is 14.5 Å². The van der Waals surface area contributed by atoms with Gasteiger partial charge in [0.05, 0.1) is 22.6 Å². The van der Waals surface area contributed by atoms with Crippen LogP contribution >= 0.6 is 11.6 Å². The van der Waals surface area contributed by atoms with E-state index in [0.29, 0.717) is 29.6 Å². The zero-order valence-corrected chi connectivity index (χ0v) is 17.4. The van der Waals surface area contributed by atoms with Crippen molar-refractivity contribution in [3.05, 3.63) is 76.7 Å². The summed E-state index contributed by atoms with van der Waals surface area (Å²) in [5.74, 6) is -0.193. The van der Waals surface area contributed by atoms with Gasteiger partial charge in [0.1, 0.15) is 11.6 Å². The number of nitrogens with zero attached hydrogens (tertiary/aromatic N) is 5. The SMILES string of the molecule is Cc1c(C=CCN2CCN(c3cc(F)ccc3F)CC2)cnn1-c1ncccc1Cl. The first-order valence-electron chi connectivity index (χ1n) is 9.77. The molecular weight excluding hydrogens is 408 g/mol. The van der Waals surface area contributed by atoms with Gasteiger partial charge in [-0.2, -0.15) is 5.10 Å². The average Bonchev–Trinajstić information content (AvgIpc) is 3.11. The molecule has 1 saturated heterocycles. The maximum absolute atomic E-state index is 14.0. The minimum Gasteiger partial charge on any atom is -0.367 e. The fourth-order valence-electron chi connectivity index (χ4n) is 3.56. The number of hydrogen-bond acceptors (Lipinski definition) is 4. The zero-order chi connectivity index (χ0) is 21.1. The summed E-state index contributed by atoms with van der Waals surface area (Å²) in [6, 6.07) is 7.16. The minimum atomic E-state index is -0.417. The first-order valence-corrected chi connectivity index (χ1v) is 10.1. The Bertz CT molecular complexity index is 1060. The van der Waals surface area contributed by atoms with E-state index in [1.54, 1.807) is 29.2 Å². The van der Waals surface area contributed by atoms with E-state index in [4.69, 9.17) is 11.6 Å². The van der Waals surface area contributed by atoms with Crippen LogP contribution in [-0.2, 0) is 0 Å². The Kier molecular flexibility index (Phi) is 6.11. The summed E-state index contributed by atoms with van der Waals surface area (Å²) in [7, 11) is 0. The molecule has 5 nitrogen and oxygen atoms in total. The van der Waals surface area contributed by atoms with E-state index in [0.717, 1.165) is 37.0 Å². The van der Waals surface area contributed by atoms with Gasteiger partial charge in [0, 0.05) is 50.6 Å². The topological polar surface area (TPSA) is 37.2 Å². The second kappa shape index (κ2) is 8.93. The lowest BCUT2D eigenvalue weighted by molar-refractivity contribution is 0.283. The lowest BCUT2D eigenvalue weighted by atomic mass is 10.2. The first-order chi connectivity index (χ1) is 14.5. The molecule has 0 amide bonds. The van der Waals surface area contributed by atoms with Crippen LogP contribution in [0, 0.1) is 18.6 Å². The number of anilines is 1. The number of rotatable bonds is 5. The van der Waals surface area contributed by atoms with Gasteiger partial charge in [0.2, 0.25) is 0 Å². The standard InChI is InChI=1S/C22H22ClF2N5/c1-16-17(15-27-30(16)22-19(23)5-2-8-26-22)4-3-9-28-10-12-29(13-11-28)21-14-18(24)6-7-20(21)25/h2-8,14-15H,9-13H2,1H3. The molecule has 156 valence electrons. The van der Waals surface area contributed by atoms with Crippen molar-refractivity contribution < 1.29 is 8.78 Å². The number of pyridine rings is 1. The van der Waals surface area contributed by atoms with E-state index in [-0.39, 0.29) is 5.82 Å². The zero-order valence-electron chi connectivity index (χ0n) is 16.6. The number of hydrogen-bond donors (Lipinski definition) is 0. The van der Waals surface area contributed by atoms with Gasteiger partial charge >= 0.3 is 0 Å². The van der Waals surface area contributed by atoms with E-state index in [1.165, 1.54) is 12.1 Å². The van der Waals surface area contributed by atoms with Crippen LogP contribution in [-0.4, -0.2) is 52.4 Å². The van der Waals surface area contributed by atoms with Crippen LogP contribution in [0.15, 0.2) is 48.8 Å². The van der Waals surface area contributed by atoms with Crippen LogP contribution in [0.5, 0.6) is 0 Å². The van der Waals surface area contributed by atoms with Crippen molar-refractivity contribution in [1.82, 2.24) is 19.7 Å². The van der Waals surface area contributed by atoms with Gasteiger partial charge in [-0.25, -0.2) is 18.4 Å². The summed E-state index contributed by atoms with van der Waals surface area (Å²) in [5, 5.41) is 4.95. The molecule has 1 aromatic carbocycles. The Hall–Kier alpha value is -2.77. The molecule has 0 N–H and O–H groups in total. The molecule has 0 atom stereocenters. The highest BCUT2D eigenvalue weighted by Gasteiger charge is 2.19. The molecule has 0 spiro atoms. The normalized spacial score (nSPS) is 15.3. The van der Waals surface area contributed by atoms with Gasteiger partial charge in [0.25, 0.3) is 0 Å². The summed E-state index contributed by atoms with van der Waals surface area (Å²) < 4.78 is 29.1. The smallest absolute Gasteiger partial charge is 0.172 e. The maximum Gasteiger partial charge on any atom is 0.172 e. The molecule has 30 heavy (non-hydrogen) atoms. The molecule has 0 aliphatic carbocycles. The van der Waals surface area contributed by atoms with E-state index in [2.05, 4.69) is 21.1 Å². The molecule has 2 aromatic heterocycles. The predicted molar refractivity (Wildman–Crippen MR) is 115 cm³/mol. The molecule has 3 heterocycles. The molecule has 0 saturated carbocycles. The largest absolute Gasteiger partial charge is 0.367 e. The first kappa shape index (κ1) is 20.5. The second-order valence-corrected chi connectivity index (χ2v) is 7.60. The van der Waals surface area contributed by atoms with Crippen molar-refractivity contribution in [3.63, 3.8) is 0 Å². The minimum absolute atomic E-state index is 0.335. The Balaban J connectivity index is 1.35. The van der Waals surface area contributed by atoms with Crippen molar-refractivity contribution in [2.24, 2.45) is 0 Å². The van der Waals surface area contributed by atoms with E-state index in [1.807, 2.05) is 17.9 Å². The van der Waals surface area contributed by atoms with Crippen LogP contribution in [0.25, 0.3) is 11.9 Å². The fourth-order valence-corrected chi connectivity index (χ4v) is 3.76. The summed E-state index contributed by atoms with van der Waals surface area (Å²) in [4.78, 5) is 8.47. The van der Waals surface area contributed by atoms with E-state index >= 15 is 0 Å². The van der Waals surface area contributed by atoms with E-state index < -0.39 is 5.82 Å². The monoisotopic (exact) mass is 429 g/mol. The number of benzene rings is 1. The quantitative estimate of drug-likeness (QED) is 0.604. The van der Waals surface area contributed by atoms with Gasteiger partial charge in [-0.3, -0.25) is 4.90 Å². The van der Waals surface area contributed by atoms with Crippen molar-refractivity contribution >= 4 is 23.4 Å². The Morgan fingerprint density at radius 2 is 1.93 bits per heavy atom. The highest BCUT2D eigenvalue weighted by atomic mass is 35.5. The maximum atomic E-state index is 14.0. The average molecular weight is 430 g/mol. The van der Waals surface area contributed by atoms with Gasteiger partial charge in [0.15, 0.2) is 5.82 Å². The van der Waals surface area contributed by atoms with Gasteiger partial charge < -0.3 is 4.90 Å². The highest BCUT2D eigenvalue weighted by molar-refractivity contribution is 6.32. The summed E-state index contributed by atoms with van der Waals surface area (Å²) in [6.07, 6.45) is 7.61. The Labute approximate surface area is 179 Å². The highest BCUT2D eigenvalue weighted by Crippen LogP contribution is 2.22. The third kappa shape index (κ3) is 4.37. The Morgan fingerprint density at radius 1 is 1.13 bits per heavy atom. The second-order valence-electron chi connectivity index (χ2n) is 7.19. The lowest BCUT2D eigenvalue weighted by Crippen LogP contribution is -2.46. The van der Waals surface area contributed by atoms with Gasteiger partial charge in [-0.1, -0.05) is 23.8 Å². The predicted octanol–water partition coefficient (Wildman–Crippen LogP) is 4.34. The van der Waals surface area contributed by atoms with Gasteiger partial charge in [-0.05, 0) is 31.2 Å². The van der Waals surface area contributed by atoms with E-state index in [9.17, 15) is 8.78 Å². The van der Waals surface area contributed by atoms with Crippen molar-refractivity contribution in [2.45, 2.75) is 6.92 Å². The van der Waals surface area contributed by atoms with Gasteiger partial charge in [-0.15, -0.1) is 0 Å². The van der Waals surface area contributed by atoms with Crippen LogP contribution in [0.2, 0.25) is 5.02 Å². The molecular formula is C22H22ClF2N5. The molecule has 0 radical (unpaired) electrons. The molecule has 8 heteroatoms.